The van der Waals surface area contributed by atoms with Crippen molar-refractivity contribution in [2.24, 2.45) is 0 Å². The molecule has 0 fully saturated rings. The van der Waals surface area contributed by atoms with Crippen molar-refractivity contribution in [3.05, 3.63) is 188 Å². The molecule has 0 saturated carbocycles. The molecule has 0 radical (unpaired) electrons. The zero-order valence-electron chi connectivity index (χ0n) is 26.3. The molecular weight excluding hydrogens is 583 g/mol. The first kappa shape index (κ1) is 27.9. The summed E-state index contributed by atoms with van der Waals surface area (Å²) in [6.07, 6.45) is 0. The van der Waals surface area contributed by atoms with E-state index < -0.39 is 0 Å². The van der Waals surface area contributed by atoms with E-state index in [-0.39, 0.29) is 0 Å². The van der Waals surface area contributed by atoms with Gasteiger partial charge in [-0.1, -0.05) is 152 Å². The Hall–Kier alpha value is -6.38. The van der Waals surface area contributed by atoms with E-state index in [1.54, 1.807) is 0 Å². The molecule has 0 aliphatic heterocycles. The second kappa shape index (κ2) is 11.8. The van der Waals surface area contributed by atoms with E-state index in [4.69, 9.17) is 4.42 Å². The lowest BCUT2D eigenvalue weighted by molar-refractivity contribution is 0.673. The lowest BCUT2D eigenvalue weighted by Crippen LogP contribution is -2.10. The third-order valence-electron chi connectivity index (χ3n) is 9.29. The molecule has 0 aliphatic rings. The van der Waals surface area contributed by atoms with Gasteiger partial charge in [0.1, 0.15) is 5.58 Å². The molecule has 0 aliphatic carbocycles. The summed E-state index contributed by atoms with van der Waals surface area (Å²) in [7, 11) is 0. The third-order valence-corrected chi connectivity index (χ3v) is 9.29. The molecular formula is C46H31NO. The Morgan fingerprint density at radius 3 is 1.29 bits per heavy atom. The Labute approximate surface area is 279 Å². The minimum absolute atomic E-state index is 0.872. The Balaban J connectivity index is 1.16. The van der Waals surface area contributed by atoms with Crippen molar-refractivity contribution in [3.63, 3.8) is 0 Å². The van der Waals surface area contributed by atoms with E-state index >= 15 is 0 Å². The molecule has 2 heteroatoms. The summed E-state index contributed by atoms with van der Waals surface area (Å²) in [5.41, 5.74) is 12.1. The first-order valence-electron chi connectivity index (χ1n) is 16.3. The van der Waals surface area contributed by atoms with Crippen molar-refractivity contribution in [3.8, 4) is 33.4 Å². The fraction of sp³-hybridized carbons (Fsp3) is 0. The van der Waals surface area contributed by atoms with Gasteiger partial charge in [0.25, 0.3) is 0 Å². The predicted octanol–water partition coefficient (Wildman–Crippen LogP) is 13.2. The van der Waals surface area contributed by atoms with E-state index in [2.05, 4.69) is 193 Å². The zero-order chi connectivity index (χ0) is 31.9. The van der Waals surface area contributed by atoms with Gasteiger partial charge in [-0.2, -0.15) is 0 Å². The molecule has 0 bridgehead atoms. The number of fused-ring (bicyclic) bond motifs is 5. The molecule has 8 aromatic carbocycles. The third kappa shape index (κ3) is 4.92. The second-order valence-electron chi connectivity index (χ2n) is 12.2. The Kier molecular flexibility index (Phi) is 6.84. The quantitative estimate of drug-likeness (QED) is 0.185. The van der Waals surface area contributed by atoms with Crippen LogP contribution in [0, 0.1) is 0 Å². The molecule has 0 unspecified atom stereocenters. The van der Waals surface area contributed by atoms with Crippen molar-refractivity contribution >= 4 is 49.8 Å². The van der Waals surface area contributed by atoms with Crippen molar-refractivity contribution < 1.29 is 4.42 Å². The van der Waals surface area contributed by atoms with Crippen LogP contribution in [0.1, 0.15) is 0 Å². The van der Waals surface area contributed by atoms with Crippen molar-refractivity contribution in [2.75, 3.05) is 4.90 Å². The van der Waals surface area contributed by atoms with E-state index in [0.717, 1.165) is 44.4 Å². The van der Waals surface area contributed by atoms with Crippen LogP contribution in [0.15, 0.2) is 192 Å². The topological polar surface area (TPSA) is 16.4 Å². The van der Waals surface area contributed by atoms with Gasteiger partial charge in [0.05, 0.1) is 5.69 Å². The number of para-hydroxylation sites is 1. The van der Waals surface area contributed by atoms with E-state index in [1.807, 2.05) is 0 Å². The highest BCUT2D eigenvalue weighted by molar-refractivity contribution is 6.17. The molecule has 9 aromatic rings. The number of rotatable bonds is 6. The Bertz CT molecular complexity index is 2510. The molecule has 0 saturated heterocycles. The molecule has 48 heavy (non-hydrogen) atoms. The van der Waals surface area contributed by atoms with Gasteiger partial charge >= 0.3 is 0 Å². The monoisotopic (exact) mass is 613 g/mol. The number of hydrogen-bond acceptors (Lipinski definition) is 2. The van der Waals surface area contributed by atoms with Gasteiger partial charge in [-0.15, -0.1) is 0 Å². The van der Waals surface area contributed by atoms with E-state index in [1.165, 1.54) is 38.8 Å². The Morgan fingerprint density at radius 1 is 0.292 bits per heavy atom. The highest BCUT2D eigenvalue weighted by Gasteiger charge is 2.20. The standard InChI is InChI=1S/C46H31NO/c1-3-10-32(11-4-1)34-18-20-35(21-19-34)37-24-29-40(30-25-37)47(39-27-22-36(23-28-39)33-12-5-2-6-13-33)44-17-9-16-42-43-31-26-38-14-7-8-15-41(38)45(43)48-46(42)44/h1-31H. The SMILES string of the molecule is c1ccc(-c2ccc(-c3ccc(N(c4ccc(-c5ccccc5)cc4)c4cccc5c4oc4c6ccccc6ccc54)cc3)cc2)cc1. The largest absolute Gasteiger partial charge is 0.453 e. The molecule has 226 valence electrons. The van der Waals surface area contributed by atoms with Gasteiger partial charge in [0, 0.05) is 27.5 Å². The summed E-state index contributed by atoms with van der Waals surface area (Å²) in [6, 6.07) is 66.8. The summed E-state index contributed by atoms with van der Waals surface area (Å²) in [5.74, 6) is 0. The summed E-state index contributed by atoms with van der Waals surface area (Å²) >= 11 is 0. The van der Waals surface area contributed by atoms with Gasteiger partial charge in [-0.05, 0) is 75.2 Å². The summed E-state index contributed by atoms with van der Waals surface area (Å²) in [4.78, 5) is 2.31. The smallest absolute Gasteiger partial charge is 0.159 e. The predicted molar refractivity (Wildman–Crippen MR) is 202 cm³/mol. The van der Waals surface area contributed by atoms with Crippen LogP contribution in [0.3, 0.4) is 0 Å². The molecule has 0 spiro atoms. The average Bonchev–Trinajstić information content (AvgIpc) is 3.57. The highest BCUT2D eigenvalue weighted by atomic mass is 16.3. The average molecular weight is 614 g/mol. The molecule has 1 aromatic heterocycles. The fourth-order valence-corrected chi connectivity index (χ4v) is 6.84. The number of hydrogen-bond donors (Lipinski definition) is 0. The van der Waals surface area contributed by atoms with Crippen LogP contribution in [0.2, 0.25) is 0 Å². The molecule has 1 heterocycles. The molecule has 0 atom stereocenters. The van der Waals surface area contributed by atoms with Gasteiger partial charge < -0.3 is 9.32 Å². The minimum Gasteiger partial charge on any atom is -0.453 e. The van der Waals surface area contributed by atoms with Gasteiger partial charge in [-0.25, -0.2) is 0 Å². The number of anilines is 3. The minimum atomic E-state index is 0.872. The van der Waals surface area contributed by atoms with Crippen LogP contribution in [0.25, 0.3) is 66.1 Å². The number of benzene rings is 8. The van der Waals surface area contributed by atoms with Gasteiger partial charge in [0.15, 0.2) is 5.58 Å². The highest BCUT2D eigenvalue weighted by Crippen LogP contribution is 2.44. The van der Waals surface area contributed by atoms with Crippen LogP contribution in [-0.4, -0.2) is 0 Å². The maximum Gasteiger partial charge on any atom is 0.159 e. The van der Waals surface area contributed by atoms with Gasteiger partial charge in [-0.3, -0.25) is 0 Å². The normalized spacial score (nSPS) is 11.3. The summed E-state index contributed by atoms with van der Waals surface area (Å²) in [6.45, 7) is 0. The first-order valence-corrected chi connectivity index (χ1v) is 16.3. The van der Waals surface area contributed by atoms with Crippen LogP contribution in [0.5, 0.6) is 0 Å². The second-order valence-corrected chi connectivity index (χ2v) is 12.2. The first-order chi connectivity index (χ1) is 23.8. The van der Waals surface area contributed by atoms with Crippen molar-refractivity contribution in [1.82, 2.24) is 0 Å². The molecule has 0 amide bonds. The van der Waals surface area contributed by atoms with Crippen LogP contribution in [0.4, 0.5) is 17.1 Å². The fourth-order valence-electron chi connectivity index (χ4n) is 6.84. The van der Waals surface area contributed by atoms with Crippen LogP contribution >= 0.6 is 0 Å². The maximum absolute atomic E-state index is 6.81. The van der Waals surface area contributed by atoms with E-state index in [0.29, 0.717) is 0 Å². The maximum atomic E-state index is 6.81. The summed E-state index contributed by atoms with van der Waals surface area (Å²) < 4.78 is 6.81. The lowest BCUT2D eigenvalue weighted by Gasteiger charge is -2.26. The lowest BCUT2D eigenvalue weighted by atomic mass is 10.00. The zero-order valence-corrected chi connectivity index (χ0v) is 26.3. The van der Waals surface area contributed by atoms with Crippen LogP contribution < -0.4 is 4.90 Å². The van der Waals surface area contributed by atoms with E-state index in [9.17, 15) is 0 Å². The van der Waals surface area contributed by atoms with Crippen molar-refractivity contribution in [1.29, 1.82) is 0 Å². The van der Waals surface area contributed by atoms with Crippen LogP contribution in [-0.2, 0) is 0 Å². The molecule has 2 nitrogen and oxygen atoms in total. The number of nitrogens with zero attached hydrogens (tertiary/aromatic N) is 1. The molecule has 0 N–H and O–H groups in total. The number of furan rings is 1. The van der Waals surface area contributed by atoms with Gasteiger partial charge in [0.2, 0.25) is 0 Å². The Morgan fingerprint density at radius 2 is 0.729 bits per heavy atom. The summed E-state index contributed by atoms with van der Waals surface area (Å²) in [5, 5.41) is 4.53. The molecule has 9 rings (SSSR count). The van der Waals surface area contributed by atoms with Crippen molar-refractivity contribution in [2.45, 2.75) is 0 Å².